The van der Waals surface area contributed by atoms with E-state index < -0.39 is 0 Å². The molecule has 3 aliphatic carbocycles. The van der Waals surface area contributed by atoms with Gasteiger partial charge in [0.1, 0.15) is 0 Å². The molecule has 0 N–H and O–H groups in total. The molecule has 0 aliphatic heterocycles. The molecular weight excluding hydrogens is 252 g/mol. The summed E-state index contributed by atoms with van der Waals surface area (Å²) in [5, 5.41) is 0. The van der Waals surface area contributed by atoms with Crippen LogP contribution in [-0.2, 0) is 0 Å². The standard InChI is InChI=1S/C12H22.C7H14.C2H6/c1-3-7-11(8-4-1)12-9-5-2-6-10-12;1-7-5-3-2-4-6-7;1-2/h11-12H,1-10H2;7H,2-6H2,1H3;1-2H3. The summed E-state index contributed by atoms with van der Waals surface area (Å²) in [7, 11) is 0. The van der Waals surface area contributed by atoms with Gasteiger partial charge in [0.15, 0.2) is 0 Å². The lowest BCUT2D eigenvalue weighted by Crippen LogP contribution is -2.20. The van der Waals surface area contributed by atoms with E-state index in [-0.39, 0.29) is 0 Å². The number of hydrogen-bond donors (Lipinski definition) is 0. The summed E-state index contributed by atoms with van der Waals surface area (Å²) >= 11 is 0. The van der Waals surface area contributed by atoms with Gasteiger partial charge in [-0.25, -0.2) is 0 Å². The fourth-order valence-electron chi connectivity index (χ4n) is 4.52. The minimum atomic E-state index is 1.04. The molecule has 3 saturated carbocycles. The van der Waals surface area contributed by atoms with Gasteiger partial charge in [0.25, 0.3) is 0 Å². The summed E-state index contributed by atoms with van der Waals surface area (Å²) in [5.74, 6) is 3.31. The second kappa shape index (κ2) is 12.5. The van der Waals surface area contributed by atoms with Gasteiger partial charge in [0.05, 0.1) is 0 Å². The van der Waals surface area contributed by atoms with Crippen molar-refractivity contribution in [3.05, 3.63) is 0 Å². The average molecular weight is 295 g/mol. The molecule has 0 heteroatoms. The Morgan fingerprint density at radius 3 is 0.952 bits per heavy atom. The highest BCUT2D eigenvalue weighted by Gasteiger charge is 2.24. The van der Waals surface area contributed by atoms with E-state index in [1.54, 1.807) is 25.7 Å². The molecule has 0 nitrogen and oxygen atoms in total. The molecule has 0 amide bonds. The highest BCUT2D eigenvalue weighted by atomic mass is 14.3. The van der Waals surface area contributed by atoms with Gasteiger partial charge in [-0.1, -0.05) is 117 Å². The van der Waals surface area contributed by atoms with E-state index in [0.29, 0.717) is 0 Å². The Morgan fingerprint density at radius 1 is 0.429 bits per heavy atom. The highest BCUT2D eigenvalue weighted by Crippen LogP contribution is 2.37. The van der Waals surface area contributed by atoms with E-state index in [0.717, 1.165) is 17.8 Å². The molecule has 3 rings (SSSR count). The second-order valence-corrected chi connectivity index (χ2v) is 7.54. The van der Waals surface area contributed by atoms with Crippen molar-refractivity contribution in [2.75, 3.05) is 0 Å². The van der Waals surface area contributed by atoms with Gasteiger partial charge in [0.2, 0.25) is 0 Å². The van der Waals surface area contributed by atoms with Gasteiger partial charge in [0, 0.05) is 0 Å². The molecule has 3 aliphatic rings. The van der Waals surface area contributed by atoms with Crippen molar-refractivity contribution < 1.29 is 0 Å². The fourth-order valence-corrected chi connectivity index (χ4v) is 4.52. The summed E-state index contributed by atoms with van der Waals surface area (Å²) in [6.07, 6.45) is 22.8. The molecule has 0 radical (unpaired) electrons. The lowest BCUT2D eigenvalue weighted by atomic mass is 9.73. The monoisotopic (exact) mass is 294 g/mol. The summed E-state index contributed by atoms with van der Waals surface area (Å²) in [4.78, 5) is 0. The van der Waals surface area contributed by atoms with Crippen molar-refractivity contribution in [1.82, 2.24) is 0 Å². The minimum Gasteiger partial charge on any atom is -0.0683 e. The van der Waals surface area contributed by atoms with Gasteiger partial charge in [-0.15, -0.1) is 0 Å². The van der Waals surface area contributed by atoms with E-state index in [9.17, 15) is 0 Å². The third-order valence-electron chi connectivity index (χ3n) is 5.86. The maximum Gasteiger partial charge on any atom is -0.0386 e. The van der Waals surface area contributed by atoms with Crippen LogP contribution in [0.4, 0.5) is 0 Å². The topological polar surface area (TPSA) is 0 Å². The first-order valence-corrected chi connectivity index (χ1v) is 10.4. The summed E-state index contributed by atoms with van der Waals surface area (Å²) in [6, 6.07) is 0. The van der Waals surface area contributed by atoms with Gasteiger partial charge in [-0.05, 0) is 17.8 Å². The molecule has 0 spiro atoms. The molecule has 126 valence electrons. The quantitative estimate of drug-likeness (QED) is 0.463. The van der Waals surface area contributed by atoms with Crippen molar-refractivity contribution in [3.8, 4) is 0 Å². The third-order valence-corrected chi connectivity index (χ3v) is 5.86. The van der Waals surface area contributed by atoms with Crippen LogP contribution in [-0.4, -0.2) is 0 Å². The predicted octanol–water partition coefficient (Wildman–Crippen LogP) is 7.76. The predicted molar refractivity (Wildman–Crippen MR) is 96.7 cm³/mol. The number of hydrogen-bond acceptors (Lipinski definition) is 0. The summed E-state index contributed by atoms with van der Waals surface area (Å²) in [5.41, 5.74) is 0. The van der Waals surface area contributed by atoms with Crippen molar-refractivity contribution in [2.45, 2.75) is 117 Å². The molecule has 0 aromatic heterocycles. The van der Waals surface area contributed by atoms with E-state index in [4.69, 9.17) is 0 Å². The van der Waals surface area contributed by atoms with Crippen LogP contribution in [0, 0.1) is 17.8 Å². The van der Waals surface area contributed by atoms with Crippen LogP contribution in [0.15, 0.2) is 0 Å². The van der Waals surface area contributed by atoms with E-state index in [2.05, 4.69) is 6.92 Å². The van der Waals surface area contributed by atoms with Crippen LogP contribution in [0.1, 0.15) is 117 Å². The van der Waals surface area contributed by atoms with Crippen molar-refractivity contribution in [1.29, 1.82) is 0 Å². The smallest absolute Gasteiger partial charge is 0.0386 e. The Hall–Kier alpha value is 0. The molecule has 0 atom stereocenters. The maximum absolute atomic E-state index is 2.36. The van der Waals surface area contributed by atoms with Crippen molar-refractivity contribution >= 4 is 0 Å². The van der Waals surface area contributed by atoms with Crippen molar-refractivity contribution in [3.63, 3.8) is 0 Å². The summed E-state index contributed by atoms with van der Waals surface area (Å²) in [6.45, 7) is 6.36. The van der Waals surface area contributed by atoms with Gasteiger partial charge in [-0.3, -0.25) is 0 Å². The first-order chi connectivity index (χ1) is 10.4. The molecule has 21 heavy (non-hydrogen) atoms. The molecule has 0 aromatic rings. The fraction of sp³-hybridized carbons (Fsp3) is 1.00. The average Bonchev–Trinajstić information content (AvgIpc) is 2.60. The number of rotatable bonds is 1. The zero-order valence-electron chi connectivity index (χ0n) is 15.3. The molecular formula is C21H42. The van der Waals surface area contributed by atoms with Crippen LogP contribution in [0.3, 0.4) is 0 Å². The highest BCUT2D eigenvalue weighted by molar-refractivity contribution is 4.76. The van der Waals surface area contributed by atoms with E-state index in [1.165, 1.54) is 70.6 Å². The Balaban J connectivity index is 0.000000210. The minimum absolute atomic E-state index is 1.04. The zero-order valence-corrected chi connectivity index (χ0v) is 15.3. The van der Waals surface area contributed by atoms with Gasteiger partial charge < -0.3 is 0 Å². The Morgan fingerprint density at radius 2 is 0.714 bits per heavy atom. The maximum atomic E-state index is 2.36. The van der Waals surface area contributed by atoms with Crippen LogP contribution in [0.5, 0.6) is 0 Å². The van der Waals surface area contributed by atoms with E-state index >= 15 is 0 Å². The zero-order chi connectivity index (χ0) is 15.3. The lowest BCUT2D eigenvalue weighted by Gasteiger charge is -2.32. The van der Waals surface area contributed by atoms with Crippen LogP contribution in [0.25, 0.3) is 0 Å². The van der Waals surface area contributed by atoms with Gasteiger partial charge in [-0.2, -0.15) is 0 Å². The van der Waals surface area contributed by atoms with Gasteiger partial charge >= 0.3 is 0 Å². The van der Waals surface area contributed by atoms with Crippen LogP contribution in [0.2, 0.25) is 0 Å². The summed E-state index contributed by atoms with van der Waals surface area (Å²) < 4.78 is 0. The Kier molecular flexibility index (Phi) is 11.4. The lowest BCUT2D eigenvalue weighted by molar-refractivity contribution is 0.196. The van der Waals surface area contributed by atoms with E-state index in [1.807, 2.05) is 13.8 Å². The Bertz CT molecular complexity index is 186. The van der Waals surface area contributed by atoms with Crippen LogP contribution >= 0.6 is 0 Å². The third kappa shape index (κ3) is 8.27. The molecule has 0 heterocycles. The first-order valence-electron chi connectivity index (χ1n) is 10.4. The largest absolute Gasteiger partial charge is 0.0683 e. The molecule has 0 unspecified atom stereocenters. The Labute approximate surface area is 135 Å². The van der Waals surface area contributed by atoms with Crippen molar-refractivity contribution in [2.24, 2.45) is 17.8 Å². The molecule has 0 bridgehead atoms. The molecule has 0 aromatic carbocycles. The SMILES string of the molecule is C1CCC(C2CCCCC2)CC1.CC.CC1CCCCC1. The normalized spacial score (nSPS) is 25.3. The first kappa shape index (κ1) is 19.0. The molecule has 3 fully saturated rings. The molecule has 0 saturated heterocycles. The second-order valence-electron chi connectivity index (χ2n) is 7.54. The van der Waals surface area contributed by atoms with Crippen LogP contribution < -0.4 is 0 Å².